The second-order valence-electron chi connectivity index (χ2n) is 7.17. The minimum absolute atomic E-state index is 0.334. The molecule has 1 N–H and O–H groups in total. The Morgan fingerprint density at radius 3 is 3.00 bits per heavy atom. The highest BCUT2D eigenvalue weighted by Crippen LogP contribution is 2.33. The van der Waals surface area contributed by atoms with E-state index in [1.165, 1.54) is 71.7 Å². The number of rotatable bonds is 5. The van der Waals surface area contributed by atoms with E-state index in [0.29, 0.717) is 6.10 Å². The number of aromatic nitrogens is 2. The summed E-state index contributed by atoms with van der Waals surface area (Å²) >= 11 is 1.91. The molecule has 1 fully saturated rings. The van der Waals surface area contributed by atoms with Crippen molar-refractivity contribution in [3.05, 3.63) is 38.8 Å². The molecule has 1 unspecified atom stereocenters. The van der Waals surface area contributed by atoms with Gasteiger partial charge in [0, 0.05) is 35.1 Å². The van der Waals surface area contributed by atoms with Gasteiger partial charge >= 0.3 is 0 Å². The lowest BCUT2D eigenvalue weighted by Crippen LogP contribution is -2.18. The van der Waals surface area contributed by atoms with Crippen LogP contribution in [0, 0.1) is 0 Å². The number of hydrogen-bond donors (Lipinski definition) is 1. The molecule has 24 heavy (non-hydrogen) atoms. The van der Waals surface area contributed by atoms with Gasteiger partial charge in [-0.05, 0) is 69.7 Å². The largest absolute Gasteiger partial charge is 0.373 e. The molecule has 2 aromatic heterocycles. The standard InChI is InChI=1S/C19H27N3OS/c1-22(13-17-15-6-2-3-7-16(15)20-21-17)12-14-9-10-19(24-14)18-8-4-5-11-23-18/h9-10,18H,2-8,11-13H2,1H3,(H,20,21). The van der Waals surface area contributed by atoms with Gasteiger partial charge in [-0.3, -0.25) is 10.00 Å². The maximum Gasteiger partial charge on any atom is 0.0916 e. The van der Waals surface area contributed by atoms with E-state index < -0.39 is 0 Å². The minimum atomic E-state index is 0.334. The van der Waals surface area contributed by atoms with Crippen LogP contribution < -0.4 is 0 Å². The summed E-state index contributed by atoms with van der Waals surface area (Å²) in [6.07, 6.45) is 8.98. The summed E-state index contributed by atoms with van der Waals surface area (Å²) in [6.45, 7) is 2.83. The number of aromatic amines is 1. The van der Waals surface area contributed by atoms with Crippen LogP contribution >= 0.6 is 11.3 Å². The lowest BCUT2D eigenvalue weighted by molar-refractivity contribution is 0.0172. The number of nitrogens with zero attached hydrogens (tertiary/aromatic N) is 2. The molecule has 4 nitrogen and oxygen atoms in total. The van der Waals surface area contributed by atoms with Crippen molar-refractivity contribution in [1.29, 1.82) is 0 Å². The molecule has 4 rings (SSSR count). The van der Waals surface area contributed by atoms with Gasteiger partial charge in [0.15, 0.2) is 0 Å². The van der Waals surface area contributed by atoms with Crippen molar-refractivity contribution in [2.75, 3.05) is 13.7 Å². The number of nitrogens with one attached hydrogen (secondary N) is 1. The highest BCUT2D eigenvalue weighted by Gasteiger charge is 2.20. The Hall–Kier alpha value is -1.17. The summed E-state index contributed by atoms with van der Waals surface area (Å²) in [5.74, 6) is 0. The molecule has 1 saturated heterocycles. The second kappa shape index (κ2) is 7.38. The van der Waals surface area contributed by atoms with Gasteiger partial charge in [0.1, 0.15) is 0 Å². The molecule has 130 valence electrons. The molecule has 0 radical (unpaired) electrons. The van der Waals surface area contributed by atoms with Crippen LogP contribution in [0.25, 0.3) is 0 Å². The van der Waals surface area contributed by atoms with Gasteiger partial charge in [0.05, 0.1) is 11.8 Å². The van der Waals surface area contributed by atoms with Crippen molar-refractivity contribution in [2.45, 2.75) is 64.1 Å². The maximum absolute atomic E-state index is 5.91. The van der Waals surface area contributed by atoms with Gasteiger partial charge < -0.3 is 4.74 Å². The fourth-order valence-electron chi connectivity index (χ4n) is 3.88. The molecular weight excluding hydrogens is 318 g/mol. The summed E-state index contributed by atoms with van der Waals surface area (Å²) < 4.78 is 5.91. The van der Waals surface area contributed by atoms with E-state index in [4.69, 9.17) is 4.74 Å². The van der Waals surface area contributed by atoms with Crippen LogP contribution in [0.3, 0.4) is 0 Å². The third-order valence-corrected chi connectivity index (χ3v) is 6.33. The molecule has 1 aliphatic carbocycles. The van der Waals surface area contributed by atoms with E-state index in [9.17, 15) is 0 Å². The molecule has 0 bridgehead atoms. The molecule has 0 amide bonds. The third-order valence-electron chi connectivity index (χ3n) is 5.17. The van der Waals surface area contributed by atoms with Crippen LogP contribution in [0.5, 0.6) is 0 Å². The Morgan fingerprint density at radius 2 is 2.12 bits per heavy atom. The minimum Gasteiger partial charge on any atom is -0.373 e. The number of fused-ring (bicyclic) bond motifs is 1. The first-order valence-corrected chi connectivity index (χ1v) is 10.0. The van der Waals surface area contributed by atoms with Gasteiger partial charge in [-0.1, -0.05) is 0 Å². The summed E-state index contributed by atoms with van der Waals surface area (Å²) in [5.41, 5.74) is 4.10. The first kappa shape index (κ1) is 16.3. The fraction of sp³-hybridized carbons (Fsp3) is 0.632. The number of hydrogen-bond acceptors (Lipinski definition) is 4. The van der Waals surface area contributed by atoms with Crippen molar-refractivity contribution >= 4 is 11.3 Å². The van der Waals surface area contributed by atoms with E-state index in [0.717, 1.165) is 19.7 Å². The van der Waals surface area contributed by atoms with Crippen molar-refractivity contribution < 1.29 is 4.74 Å². The van der Waals surface area contributed by atoms with E-state index in [-0.39, 0.29) is 0 Å². The number of ether oxygens (including phenoxy) is 1. The van der Waals surface area contributed by atoms with Gasteiger partial charge in [0.25, 0.3) is 0 Å². The molecule has 1 aliphatic heterocycles. The average Bonchev–Trinajstić information content (AvgIpc) is 3.23. The number of H-pyrrole nitrogens is 1. The molecule has 3 heterocycles. The molecular formula is C19H27N3OS. The summed E-state index contributed by atoms with van der Waals surface area (Å²) in [5, 5.41) is 7.83. The Morgan fingerprint density at radius 1 is 1.21 bits per heavy atom. The van der Waals surface area contributed by atoms with E-state index in [1.807, 2.05) is 11.3 Å². The average molecular weight is 346 g/mol. The zero-order valence-electron chi connectivity index (χ0n) is 14.5. The van der Waals surface area contributed by atoms with Crippen LogP contribution in [0.2, 0.25) is 0 Å². The fourth-order valence-corrected chi connectivity index (χ4v) is 5.05. The van der Waals surface area contributed by atoms with E-state index >= 15 is 0 Å². The van der Waals surface area contributed by atoms with Crippen LogP contribution in [0.15, 0.2) is 12.1 Å². The molecule has 0 aromatic carbocycles. The van der Waals surface area contributed by atoms with Crippen LogP contribution in [-0.4, -0.2) is 28.8 Å². The maximum atomic E-state index is 5.91. The van der Waals surface area contributed by atoms with Crippen LogP contribution in [0.1, 0.15) is 64.9 Å². The number of thiophene rings is 1. The summed E-state index contributed by atoms with van der Waals surface area (Å²) in [6, 6.07) is 4.54. The monoisotopic (exact) mass is 345 g/mol. The molecule has 0 saturated carbocycles. The summed E-state index contributed by atoms with van der Waals surface area (Å²) in [4.78, 5) is 5.20. The quantitative estimate of drug-likeness (QED) is 0.882. The predicted octanol–water partition coefficient (Wildman–Crippen LogP) is 4.22. The Bertz CT molecular complexity index is 672. The van der Waals surface area contributed by atoms with Crippen molar-refractivity contribution in [2.24, 2.45) is 0 Å². The molecule has 5 heteroatoms. The second-order valence-corrected chi connectivity index (χ2v) is 8.37. The first-order valence-electron chi connectivity index (χ1n) is 9.23. The van der Waals surface area contributed by atoms with Gasteiger partial charge in [0.2, 0.25) is 0 Å². The smallest absolute Gasteiger partial charge is 0.0916 e. The Balaban J connectivity index is 1.37. The Labute approximate surface area is 148 Å². The SMILES string of the molecule is CN(Cc1ccc(C2CCCCO2)s1)Cc1n[nH]c2c1CCCC2. The normalized spacial score (nSPS) is 21.2. The lowest BCUT2D eigenvalue weighted by Gasteiger charge is -2.21. The highest BCUT2D eigenvalue weighted by atomic mass is 32.1. The van der Waals surface area contributed by atoms with Crippen molar-refractivity contribution in [1.82, 2.24) is 15.1 Å². The number of aryl methyl sites for hydroxylation is 1. The summed E-state index contributed by atoms with van der Waals surface area (Å²) in [7, 11) is 2.19. The van der Waals surface area contributed by atoms with Crippen LogP contribution in [0.4, 0.5) is 0 Å². The van der Waals surface area contributed by atoms with Gasteiger partial charge in [-0.2, -0.15) is 5.10 Å². The third kappa shape index (κ3) is 3.58. The van der Waals surface area contributed by atoms with Crippen molar-refractivity contribution in [3.63, 3.8) is 0 Å². The van der Waals surface area contributed by atoms with E-state index in [2.05, 4.69) is 34.3 Å². The molecule has 0 spiro atoms. The van der Waals surface area contributed by atoms with Crippen LogP contribution in [-0.2, 0) is 30.7 Å². The highest BCUT2D eigenvalue weighted by molar-refractivity contribution is 7.12. The first-order chi connectivity index (χ1) is 11.8. The zero-order valence-corrected chi connectivity index (χ0v) is 15.3. The van der Waals surface area contributed by atoms with Gasteiger partial charge in [-0.15, -0.1) is 11.3 Å². The molecule has 1 atom stereocenters. The molecule has 2 aliphatic rings. The zero-order chi connectivity index (χ0) is 16.4. The predicted molar refractivity (Wildman–Crippen MR) is 97.3 cm³/mol. The molecule has 2 aromatic rings. The van der Waals surface area contributed by atoms with E-state index in [1.54, 1.807) is 0 Å². The lowest BCUT2D eigenvalue weighted by atomic mass is 9.96. The topological polar surface area (TPSA) is 41.1 Å². The Kier molecular flexibility index (Phi) is 5.01. The van der Waals surface area contributed by atoms with Gasteiger partial charge in [-0.25, -0.2) is 0 Å². The van der Waals surface area contributed by atoms with Crippen molar-refractivity contribution in [3.8, 4) is 0 Å².